The Balaban J connectivity index is 2.78. The van der Waals surface area contributed by atoms with E-state index in [4.69, 9.17) is 11.6 Å². The molecular weight excluding hydrogens is 206 g/mol. The van der Waals surface area contributed by atoms with Crippen LogP contribution in [0.2, 0.25) is 5.02 Å². The van der Waals surface area contributed by atoms with E-state index in [1.165, 1.54) is 5.56 Å². The van der Waals surface area contributed by atoms with Crippen molar-refractivity contribution >= 4 is 17.3 Å². The summed E-state index contributed by atoms with van der Waals surface area (Å²) in [6.07, 6.45) is 4.12. The quantitative estimate of drug-likeness (QED) is 0.744. The summed E-state index contributed by atoms with van der Waals surface area (Å²) in [7, 11) is 0. The van der Waals surface area contributed by atoms with Crippen LogP contribution in [0.3, 0.4) is 0 Å². The molecule has 1 aromatic carbocycles. The van der Waals surface area contributed by atoms with E-state index in [9.17, 15) is 0 Å². The first-order valence-corrected chi connectivity index (χ1v) is 5.67. The third kappa shape index (κ3) is 3.60. The number of allylic oxidation sites excluding steroid dienone is 1. The van der Waals surface area contributed by atoms with E-state index in [0.717, 1.165) is 17.3 Å². The molecule has 0 spiro atoms. The molecule has 1 rings (SSSR count). The number of hydrogen-bond acceptors (Lipinski definition) is 1. The smallest absolute Gasteiger partial charge is 0.0442 e. The van der Waals surface area contributed by atoms with Crippen LogP contribution in [0.15, 0.2) is 30.4 Å². The first-order chi connectivity index (χ1) is 7.15. The molecule has 0 radical (unpaired) electrons. The van der Waals surface area contributed by atoms with Crippen molar-refractivity contribution in [3.63, 3.8) is 0 Å². The highest BCUT2D eigenvalue weighted by Gasteiger charge is 2.05. The first kappa shape index (κ1) is 12.1. The summed E-state index contributed by atoms with van der Waals surface area (Å²) < 4.78 is 0. The molecule has 0 aliphatic carbocycles. The maximum absolute atomic E-state index is 6.11. The third-order valence-corrected chi connectivity index (χ3v) is 2.62. The molecule has 0 heterocycles. The fourth-order valence-corrected chi connectivity index (χ4v) is 1.73. The maximum Gasteiger partial charge on any atom is 0.0442 e. The van der Waals surface area contributed by atoms with E-state index in [-0.39, 0.29) is 0 Å². The Morgan fingerprint density at radius 2 is 2.13 bits per heavy atom. The lowest BCUT2D eigenvalue weighted by atomic mass is 10.0. The van der Waals surface area contributed by atoms with Gasteiger partial charge >= 0.3 is 0 Å². The standard InChI is InChI=1S/C13H18ClN/c1-4-5-8-15-11-6-7-13(14)12(9-11)10(2)3/h4-7,9-10,15H,8H2,1-3H3/b5-4+. The zero-order valence-corrected chi connectivity index (χ0v) is 10.3. The number of rotatable bonds is 4. The van der Waals surface area contributed by atoms with Gasteiger partial charge in [0.2, 0.25) is 0 Å². The largest absolute Gasteiger partial charge is 0.382 e. The van der Waals surface area contributed by atoms with Crippen LogP contribution in [0.4, 0.5) is 5.69 Å². The van der Waals surface area contributed by atoms with Crippen LogP contribution in [-0.2, 0) is 0 Å². The number of hydrogen-bond donors (Lipinski definition) is 1. The fourth-order valence-electron chi connectivity index (χ4n) is 1.39. The summed E-state index contributed by atoms with van der Waals surface area (Å²) in [5.74, 6) is 0.459. The van der Waals surface area contributed by atoms with Gasteiger partial charge < -0.3 is 5.32 Å². The second kappa shape index (κ2) is 5.82. The van der Waals surface area contributed by atoms with E-state index in [1.807, 2.05) is 25.1 Å². The molecule has 0 saturated carbocycles. The molecule has 1 aromatic rings. The van der Waals surface area contributed by atoms with Gasteiger partial charge in [0, 0.05) is 17.3 Å². The fraction of sp³-hybridized carbons (Fsp3) is 0.385. The van der Waals surface area contributed by atoms with Gasteiger partial charge in [0.05, 0.1) is 0 Å². The molecule has 2 heteroatoms. The minimum Gasteiger partial charge on any atom is -0.382 e. The van der Waals surface area contributed by atoms with Gasteiger partial charge in [-0.1, -0.05) is 37.6 Å². The average molecular weight is 224 g/mol. The summed E-state index contributed by atoms with van der Waals surface area (Å²) >= 11 is 6.11. The Labute approximate surface area is 97.1 Å². The molecule has 1 N–H and O–H groups in total. The summed E-state index contributed by atoms with van der Waals surface area (Å²) in [4.78, 5) is 0. The van der Waals surface area contributed by atoms with Gasteiger partial charge in [0.25, 0.3) is 0 Å². The monoisotopic (exact) mass is 223 g/mol. The molecule has 0 atom stereocenters. The molecule has 0 fully saturated rings. The Bertz CT molecular complexity index is 342. The highest BCUT2D eigenvalue weighted by atomic mass is 35.5. The summed E-state index contributed by atoms with van der Waals surface area (Å²) in [6, 6.07) is 6.09. The van der Waals surface area contributed by atoms with Crippen molar-refractivity contribution < 1.29 is 0 Å². The molecule has 0 unspecified atom stereocenters. The predicted molar refractivity (Wildman–Crippen MR) is 68.8 cm³/mol. The van der Waals surface area contributed by atoms with Crippen LogP contribution in [0.5, 0.6) is 0 Å². The highest BCUT2D eigenvalue weighted by Crippen LogP contribution is 2.26. The first-order valence-electron chi connectivity index (χ1n) is 5.29. The van der Waals surface area contributed by atoms with Crippen LogP contribution >= 0.6 is 11.6 Å². The summed E-state index contributed by atoms with van der Waals surface area (Å²) in [5, 5.41) is 4.17. The third-order valence-electron chi connectivity index (χ3n) is 2.28. The Morgan fingerprint density at radius 3 is 2.73 bits per heavy atom. The van der Waals surface area contributed by atoms with Gasteiger partial charge in [-0.25, -0.2) is 0 Å². The van der Waals surface area contributed by atoms with Gasteiger partial charge in [-0.3, -0.25) is 0 Å². The lowest BCUT2D eigenvalue weighted by Gasteiger charge is -2.11. The zero-order valence-electron chi connectivity index (χ0n) is 9.55. The predicted octanol–water partition coefficient (Wildman–Crippen LogP) is 4.45. The average Bonchev–Trinajstić information content (AvgIpc) is 2.20. The van der Waals surface area contributed by atoms with Crippen LogP contribution in [0.1, 0.15) is 32.3 Å². The van der Waals surface area contributed by atoms with E-state index >= 15 is 0 Å². The van der Waals surface area contributed by atoms with E-state index in [0.29, 0.717) is 5.92 Å². The highest BCUT2D eigenvalue weighted by molar-refractivity contribution is 6.31. The molecule has 1 nitrogen and oxygen atoms in total. The van der Waals surface area contributed by atoms with Crippen molar-refractivity contribution in [2.75, 3.05) is 11.9 Å². The van der Waals surface area contributed by atoms with E-state index in [1.54, 1.807) is 0 Å². The van der Waals surface area contributed by atoms with Crippen molar-refractivity contribution in [1.82, 2.24) is 0 Å². The van der Waals surface area contributed by atoms with Crippen molar-refractivity contribution in [3.05, 3.63) is 40.9 Å². The molecule has 0 bridgehead atoms. The molecular formula is C13H18ClN. The number of halogens is 1. The number of benzene rings is 1. The van der Waals surface area contributed by atoms with Crippen molar-refractivity contribution in [2.45, 2.75) is 26.7 Å². The van der Waals surface area contributed by atoms with Gasteiger partial charge in [0.15, 0.2) is 0 Å². The molecule has 82 valence electrons. The molecule has 0 amide bonds. The van der Waals surface area contributed by atoms with Crippen LogP contribution in [0, 0.1) is 0 Å². The van der Waals surface area contributed by atoms with Crippen molar-refractivity contribution in [2.24, 2.45) is 0 Å². The van der Waals surface area contributed by atoms with Gasteiger partial charge in [-0.15, -0.1) is 0 Å². The molecule has 15 heavy (non-hydrogen) atoms. The second-order valence-electron chi connectivity index (χ2n) is 3.84. The minimum absolute atomic E-state index is 0.459. The summed E-state index contributed by atoms with van der Waals surface area (Å²) in [6.45, 7) is 7.17. The molecule has 0 aliphatic heterocycles. The van der Waals surface area contributed by atoms with E-state index < -0.39 is 0 Å². The Morgan fingerprint density at radius 1 is 1.40 bits per heavy atom. The van der Waals surface area contributed by atoms with Crippen LogP contribution < -0.4 is 5.32 Å². The lowest BCUT2D eigenvalue weighted by molar-refractivity contribution is 0.867. The van der Waals surface area contributed by atoms with Gasteiger partial charge in [-0.05, 0) is 36.6 Å². The summed E-state index contributed by atoms with van der Waals surface area (Å²) in [5.41, 5.74) is 2.32. The normalized spacial score (nSPS) is 11.3. The Kier molecular flexibility index (Phi) is 4.70. The minimum atomic E-state index is 0.459. The van der Waals surface area contributed by atoms with Gasteiger partial charge in [0.1, 0.15) is 0 Å². The SMILES string of the molecule is C/C=C/CNc1ccc(Cl)c(C(C)C)c1. The lowest BCUT2D eigenvalue weighted by Crippen LogP contribution is -1.99. The Hall–Kier alpha value is -0.950. The second-order valence-corrected chi connectivity index (χ2v) is 4.25. The molecule has 0 aliphatic rings. The van der Waals surface area contributed by atoms with Crippen LogP contribution in [-0.4, -0.2) is 6.54 Å². The van der Waals surface area contributed by atoms with Crippen molar-refractivity contribution in [1.29, 1.82) is 0 Å². The van der Waals surface area contributed by atoms with Gasteiger partial charge in [-0.2, -0.15) is 0 Å². The topological polar surface area (TPSA) is 12.0 Å². The zero-order chi connectivity index (χ0) is 11.3. The van der Waals surface area contributed by atoms with Crippen molar-refractivity contribution in [3.8, 4) is 0 Å². The number of anilines is 1. The number of nitrogens with one attached hydrogen (secondary N) is 1. The van der Waals surface area contributed by atoms with E-state index in [2.05, 4.69) is 31.3 Å². The molecule has 0 saturated heterocycles. The molecule has 0 aromatic heterocycles. The maximum atomic E-state index is 6.11. The van der Waals surface area contributed by atoms with Crippen LogP contribution in [0.25, 0.3) is 0 Å².